The Hall–Kier alpha value is -1.30. The minimum Gasteiger partial charge on any atom is -0.394 e. The van der Waals surface area contributed by atoms with Crippen molar-refractivity contribution < 1.29 is 0 Å². The first-order chi connectivity index (χ1) is 6.41. The van der Waals surface area contributed by atoms with Gasteiger partial charge in [0.2, 0.25) is 0 Å². The Kier molecular flexibility index (Phi) is 1.72. The van der Waals surface area contributed by atoms with E-state index in [0.717, 1.165) is 16.8 Å². The second-order valence-corrected chi connectivity index (χ2v) is 9.53. The lowest BCUT2D eigenvalue weighted by molar-refractivity contribution is 0.955. The summed E-state index contributed by atoms with van der Waals surface area (Å²) in [5, 5.41) is 11.5. The molecule has 76 valence electrons. The molecular formula is C8H15N5Si. The molecule has 0 aliphatic heterocycles. The average molecular weight is 209 g/mol. The van der Waals surface area contributed by atoms with E-state index >= 15 is 0 Å². The second kappa shape index (κ2) is 2.60. The van der Waals surface area contributed by atoms with Crippen molar-refractivity contribution in [2.45, 2.75) is 26.6 Å². The Morgan fingerprint density at radius 2 is 1.93 bits per heavy atom. The highest BCUT2D eigenvalue weighted by Gasteiger charge is 2.25. The Balaban J connectivity index is 2.76. The number of fused-ring (bicyclic) bond motifs is 1. The number of aromatic amines is 1. The fraction of sp³-hybridized carbons (Fsp3) is 0.500. The van der Waals surface area contributed by atoms with Crippen LogP contribution in [-0.2, 0) is 0 Å². The number of hydrogen-bond donors (Lipinski definition) is 2. The van der Waals surface area contributed by atoms with Gasteiger partial charge in [0.1, 0.15) is 13.5 Å². The molecule has 0 aromatic carbocycles. The first-order valence-corrected chi connectivity index (χ1v) is 8.11. The number of aryl methyl sites for hydroxylation is 1. The van der Waals surface area contributed by atoms with Crippen LogP contribution in [-0.4, -0.2) is 27.9 Å². The van der Waals surface area contributed by atoms with E-state index in [2.05, 4.69) is 34.9 Å². The number of hydrogen-bond acceptors (Lipinski definition) is 3. The molecule has 2 rings (SSSR count). The van der Waals surface area contributed by atoms with Crippen LogP contribution in [0.5, 0.6) is 0 Å². The third-order valence-electron chi connectivity index (χ3n) is 2.26. The highest BCUT2D eigenvalue weighted by Crippen LogP contribution is 2.14. The highest BCUT2D eigenvalue weighted by molar-refractivity contribution is 6.87. The van der Waals surface area contributed by atoms with Crippen molar-refractivity contribution in [2.24, 2.45) is 0 Å². The van der Waals surface area contributed by atoms with Crippen LogP contribution >= 0.6 is 0 Å². The Bertz CT molecular complexity index is 476. The molecule has 0 saturated carbocycles. The van der Waals surface area contributed by atoms with Crippen LogP contribution < -0.4 is 11.2 Å². The number of rotatable bonds is 1. The molecule has 2 heterocycles. The molecule has 2 aromatic heterocycles. The van der Waals surface area contributed by atoms with Gasteiger partial charge in [-0.2, -0.15) is 0 Å². The Labute approximate surface area is 83.3 Å². The summed E-state index contributed by atoms with van der Waals surface area (Å²) in [4.78, 5) is 0. The standard InChI is InChI=1S/C8H15N5Si/c1-5-6(9)7-10-11-8(13(7)12-5)14(2,3)4/h12H,9H2,1-4H3. The number of nitrogens with two attached hydrogens (primary N) is 1. The topological polar surface area (TPSA) is 72.0 Å². The summed E-state index contributed by atoms with van der Waals surface area (Å²) in [5.74, 6) is 0. The van der Waals surface area contributed by atoms with E-state index in [1.54, 1.807) is 0 Å². The maximum Gasteiger partial charge on any atom is 0.200 e. The van der Waals surface area contributed by atoms with Gasteiger partial charge in [0, 0.05) is 0 Å². The second-order valence-electron chi connectivity index (χ2n) is 4.58. The van der Waals surface area contributed by atoms with E-state index in [1.807, 2.05) is 11.4 Å². The quantitative estimate of drug-likeness (QED) is 0.672. The van der Waals surface area contributed by atoms with Gasteiger partial charge in [-0.25, -0.2) is 4.52 Å². The molecule has 0 unspecified atom stereocenters. The van der Waals surface area contributed by atoms with Crippen molar-refractivity contribution >= 4 is 24.9 Å². The first-order valence-electron chi connectivity index (χ1n) is 4.61. The van der Waals surface area contributed by atoms with Crippen LogP contribution in [0.15, 0.2) is 0 Å². The van der Waals surface area contributed by atoms with Crippen LogP contribution in [0.2, 0.25) is 19.6 Å². The predicted molar refractivity (Wildman–Crippen MR) is 59.5 cm³/mol. The van der Waals surface area contributed by atoms with Crippen LogP contribution in [0, 0.1) is 6.92 Å². The fourth-order valence-corrected chi connectivity index (χ4v) is 2.63. The number of H-pyrrole nitrogens is 1. The molecule has 0 aliphatic rings. The zero-order valence-electron chi connectivity index (χ0n) is 8.92. The summed E-state index contributed by atoms with van der Waals surface area (Å²) in [5.41, 5.74) is 9.29. The van der Waals surface area contributed by atoms with E-state index in [0.29, 0.717) is 5.69 Å². The Morgan fingerprint density at radius 3 is 2.50 bits per heavy atom. The molecule has 0 spiro atoms. The number of nitrogens with one attached hydrogen (secondary N) is 1. The number of aromatic nitrogens is 4. The van der Waals surface area contributed by atoms with Gasteiger partial charge in [-0.1, -0.05) is 19.6 Å². The van der Waals surface area contributed by atoms with E-state index < -0.39 is 8.07 Å². The maximum atomic E-state index is 5.86. The summed E-state index contributed by atoms with van der Waals surface area (Å²) in [7, 11) is -1.45. The first kappa shape index (κ1) is 9.26. The summed E-state index contributed by atoms with van der Waals surface area (Å²) < 4.78 is 1.91. The molecule has 3 N–H and O–H groups in total. The van der Waals surface area contributed by atoms with E-state index in [9.17, 15) is 0 Å². The van der Waals surface area contributed by atoms with E-state index in [-0.39, 0.29) is 0 Å². The van der Waals surface area contributed by atoms with Crippen LogP contribution in [0.25, 0.3) is 5.65 Å². The fourth-order valence-electron chi connectivity index (χ4n) is 1.45. The lowest BCUT2D eigenvalue weighted by atomic mass is 10.4. The lowest BCUT2D eigenvalue weighted by Crippen LogP contribution is -2.43. The third kappa shape index (κ3) is 1.14. The minimum atomic E-state index is -1.45. The predicted octanol–water partition coefficient (Wildman–Crippen LogP) is 0.493. The van der Waals surface area contributed by atoms with Crippen molar-refractivity contribution in [2.75, 3.05) is 5.73 Å². The summed E-state index contributed by atoms with van der Waals surface area (Å²) >= 11 is 0. The van der Waals surface area contributed by atoms with Gasteiger partial charge in [-0.3, -0.25) is 5.10 Å². The van der Waals surface area contributed by atoms with Crippen LogP contribution in [0.3, 0.4) is 0 Å². The molecular weight excluding hydrogens is 194 g/mol. The van der Waals surface area contributed by atoms with Gasteiger partial charge in [0.15, 0.2) is 5.65 Å². The summed E-state index contributed by atoms with van der Waals surface area (Å²) in [6.07, 6.45) is 0. The average Bonchev–Trinajstić information content (AvgIpc) is 2.54. The number of anilines is 1. The van der Waals surface area contributed by atoms with Crippen molar-refractivity contribution in [3.8, 4) is 0 Å². The van der Waals surface area contributed by atoms with Gasteiger partial charge in [-0.05, 0) is 6.92 Å². The van der Waals surface area contributed by atoms with Crippen molar-refractivity contribution in [1.29, 1.82) is 0 Å². The van der Waals surface area contributed by atoms with Gasteiger partial charge >= 0.3 is 0 Å². The SMILES string of the molecule is Cc1[nH]n2c([Si](C)(C)C)nnc2c1N. The molecule has 14 heavy (non-hydrogen) atoms. The normalized spacial score (nSPS) is 12.6. The molecule has 0 saturated heterocycles. The van der Waals surface area contributed by atoms with Crippen molar-refractivity contribution in [1.82, 2.24) is 19.8 Å². The van der Waals surface area contributed by atoms with Crippen LogP contribution in [0.1, 0.15) is 5.69 Å². The van der Waals surface area contributed by atoms with Crippen molar-refractivity contribution in [3.05, 3.63) is 5.69 Å². The molecule has 0 radical (unpaired) electrons. The van der Waals surface area contributed by atoms with Crippen LogP contribution in [0.4, 0.5) is 5.69 Å². The number of nitrogen functional groups attached to an aromatic ring is 1. The zero-order chi connectivity index (χ0) is 10.5. The van der Waals surface area contributed by atoms with Gasteiger partial charge < -0.3 is 5.73 Å². The molecule has 0 atom stereocenters. The monoisotopic (exact) mass is 209 g/mol. The molecule has 6 heteroatoms. The molecule has 0 bridgehead atoms. The van der Waals surface area contributed by atoms with Gasteiger partial charge in [0.05, 0.1) is 11.4 Å². The van der Waals surface area contributed by atoms with Crippen molar-refractivity contribution in [3.63, 3.8) is 0 Å². The van der Waals surface area contributed by atoms with E-state index in [1.165, 1.54) is 0 Å². The summed E-state index contributed by atoms with van der Waals surface area (Å²) in [6.45, 7) is 8.64. The smallest absolute Gasteiger partial charge is 0.200 e. The molecule has 0 fully saturated rings. The molecule has 0 amide bonds. The lowest BCUT2D eigenvalue weighted by Gasteiger charge is -2.11. The third-order valence-corrected chi connectivity index (χ3v) is 3.92. The zero-order valence-corrected chi connectivity index (χ0v) is 9.92. The van der Waals surface area contributed by atoms with Gasteiger partial charge in [0.25, 0.3) is 0 Å². The largest absolute Gasteiger partial charge is 0.394 e. The number of nitrogens with zero attached hydrogens (tertiary/aromatic N) is 3. The van der Waals surface area contributed by atoms with E-state index in [4.69, 9.17) is 5.73 Å². The highest BCUT2D eigenvalue weighted by atomic mass is 28.3. The molecule has 5 nitrogen and oxygen atoms in total. The Morgan fingerprint density at radius 1 is 1.29 bits per heavy atom. The van der Waals surface area contributed by atoms with Gasteiger partial charge in [-0.15, -0.1) is 10.2 Å². The minimum absolute atomic E-state index is 0.696. The maximum absolute atomic E-state index is 5.86. The molecule has 2 aromatic rings. The molecule has 0 aliphatic carbocycles. The summed E-state index contributed by atoms with van der Waals surface area (Å²) in [6, 6.07) is 0.